The predicted molar refractivity (Wildman–Crippen MR) is 98.0 cm³/mol. The normalized spacial score (nSPS) is 13.2. The van der Waals surface area contributed by atoms with Crippen LogP contribution >= 0.6 is 15.9 Å². The first-order valence-corrected chi connectivity index (χ1v) is 9.16. The Kier molecular flexibility index (Phi) is 5.37. The molecule has 1 aromatic carbocycles. The second kappa shape index (κ2) is 7.52. The van der Waals surface area contributed by atoms with Crippen molar-refractivity contribution >= 4 is 21.8 Å². The number of carbonyl (C=O) groups is 1. The zero-order valence-electron chi connectivity index (χ0n) is 14.7. The number of hydrogen-bond donors (Lipinski definition) is 0. The molecule has 0 aliphatic carbocycles. The van der Waals surface area contributed by atoms with Gasteiger partial charge in [-0.2, -0.15) is 0 Å². The van der Waals surface area contributed by atoms with Gasteiger partial charge in [0.1, 0.15) is 24.7 Å². The van der Waals surface area contributed by atoms with E-state index < -0.39 is 0 Å². The fourth-order valence-electron chi connectivity index (χ4n) is 2.80. The lowest BCUT2D eigenvalue weighted by Gasteiger charge is -2.26. The summed E-state index contributed by atoms with van der Waals surface area (Å²) in [7, 11) is 0. The summed E-state index contributed by atoms with van der Waals surface area (Å²) in [5.74, 6) is 3.08. The quantitative estimate of drug-likeness (QED) is 0.748. The lowest BCUT2D eigenvalue weighted by atomic mass is 10.1. The maximum absolute atomic E-state index is 12.9. The van der Waals surface area contributed by atoms with E-state index in [1.165, 1.54) is 0 Å². The van der Waals surface area contributed by atoms with Crippen molar-refractivity contribution in [1.82, 2.24) is 4.90 Å². The van der Waals surface area contributed by atoms with Crippen molar-refractivity contribution in [2.24, 2.45) is 0 Å². The first kappa shape index (κ1) is 17.9. The highest BCUT2D eigenvalue weighted by Crippen LogP contribution is 2.36. The average molecular weight is 408 g/mol. The Bertz CT molecular complexity index is 769. The van der Waals surface area contributed by atoms with Crippen LogP contribution in [0.2, 0.25) is 0 Å². The Hall–Kier alpha value is -1.95. The van der Waals surface area contributed by atoms with Crippen LogP contribution in [0.3, 0.4) is 0 Å². The number of halogens is 1. The first-order chi connectivity index (χ1) is 11.9. The minimum absolute atomic E-state index is 0.0430. The van der Waals surface area contributed by atoms with Crippen molar-refractivity contribution < 1.29 is 18.7 Å². The number of benzene rings is 1. The van der Waals surface area contributed by atoms with Crippen LogP contribution in [0.1, 0.15) is 30.9 Å². The maximum atomic E-state index is 12.9. The van der Waals surface area contributed by atoms with Crippen LogP contribution in [0.15, 0.2) is 33.2 Å². The molecule has 0 N–H and O–H groups in total. The summed E-state index contributed by atoms with van der Waals surface area (Å²) in [6.07, 6.45) is 0.287. The van der Waals surface area contributed by atoms with Crippen LogP contribution < -0.4 is 9.47 Å². The van der Waals surface area contributed by atoms with Crippen molar-refractivity contribution in [3.05, 3.63) is 45.8 Å². The molecule has 6 heteroatoms. The predicted octanol–water partition coefficient (Wildman–Crippen LogP) is 4.10. The lowest BCUT2D eigenvalue weighted by molar-refractivity contribution is -0.133. The number of rotatable bonds is 5. The first-order valence-electron chi connectivity index (χ1n) is 8.37. The van der Waals surface area contributed by atoms with E-state index in [1.807, 2.05) is 49.9 Å². The molecule has 3 rings (SSSR count). The molecule has 0 radical (unpaired) electrons. The summed E-state index contributed by atoms with van der Waals surface area (Å²) in [4.78, 5) is 14.7. The highest BCUT2D eigenvalue weighted by atomic mass is 79.9. The van der Waals surface area contributed by atoms with Crippen LogP contribution in [0.25, 0.3) is 0 Å². The van der Waals surface area contributed by atoms with Crippen LogP contribution in [0.4, 0.5) is 0 Å². The number of ether oxygens (including phenoxy) is 2. The van der Waals surface area contributed by atoms with Crippen molar-refractivity contribution in [3.8, 4) is 11.5 Å². The molecule has 0 saturated carbocycles. The molecule has 1 aromatic heterocycles. The summed E-state index contributed by atoms with van der Waals surface area (Å²) in [5, 5.41) is 0. The van der Waals surface area contributed by atoms with Gasteiger partial charge in [-0.1, -0.05) is 15.9 Å². The zero-order chi connectivity index (χ0) is 18.0. The molecule has 0 atom stereocenters. The Labute approximate surface area is 156 Å². The molecule has 5 nitrogen and oxygen atoms in total. The SMILES string of the molecule is Cc1ccc(CN(C(=O)Cc2cc3c(cc2Br)OCCO3)C(C)C)o1. The van der Waals surface area contributed by atoms with Gasteiger partial charge in [0.25, 0.3) is 0 Å². The number of hydrogen-bond acceptors (Lipinski definition) is 4. The number of nitrogens with zero attached hydrogens (tertiary/aromatic N) is 1. The minimum Gasteiger partial charge on any atom is -0.486 e. The molecule has 0 fully saturated rings. The van der Waals surface area contributed by atoms with E-state index in [-0.39, 0.29) is 18.4 Å². The van der Waals surface area contributed by atoms with Gasteiger partial charge in [-0.15, -0.1) is 0 Å². The third kappa shape index (κ3) is 4.18. The molecular weight excluding hydrogens is 386 g/mol. The molecule has 25 heavy (non-hydrogen) atoms. The summed E-state index contributed by atoms with van der Waals surface area (Å²) >= 11 is 3.54. The monoisotopic (exact) mass is 407 g/mol. The van der Waals surface area contributed by atoms with Crippen LogP contribution in [0.5, 0.6) is 11.5 Å². The van der Waals surface area contributed by atoms with E-state index in [9.17, 15) is 4.79 Å². The van der Waals surface area contributed by atoms with Crippen molar-refractivity contribution in [3.63, 3.8) is 0 Å². The second-order valence-electron chi connectivity index (χ2n) is 6.39. The Morgan fingerprint density at radius 2 is 1.88 bits per heavy atom. The number of fused-ring (bicyclic) bond motifs is 1. The molecule has 1 aliphatic rings. The van der Waals surface area contributed by atoms with Crippen LogP contribution in [-0.4, -0.2) is 30.1 Å². The van der Waals surface area contributed by atoms with Gasteiger partial charge in [0.2, 0.25) is 5.91 Å². The zero-order valence-corrected chi connectivity index (χ0v) is 16.3. The summed E-state index contributed by atoms with van der Waals surface area (Å²) < 4.78 is 17.7. The molecule has 1 amide bonds. The van der Waals surface area contributed by atoms with Crippen molar-refractivity contribution in [2.45, 2.75) is 39.8 Å². The third-order valence-corrected chi connectivity index (χ3v) is 4.86. The molecule has 0 bridgehead atoms. The van der Waals surface area contributed by atoms with Gasteiger partial charge in [-0.3, -0.25) is 4.79 Å². The second-order valence-corrected chi connectivity index (χ2v) is 7.25. The van der Waals surface area contributed by atoms with Gasteiger partial charge in [0.05, 0.1) is 13.0 Å². The lowest BCUT2D eigenvalue weighted by Crippen LogP contribution is -2.37. The van der Waals surface area contributed by atoms with E-state index in [2.05, 4.69) is 15.9 Å². The van der Waals surface area contributed by atoms with Gasteiger partial charge in [-0.05, 0) is 50.6 Å². The van der Waals surface area contributed by atoms with E-state index in [1.54, 1.807) is 0 Å². The standard InChI is InChI=1S/C19H22BrNO4/c1-12(2)21(11-15-5-4-13(3)25-15)19(22)9-14-8-17-18(10-16(14)20)24-7-6-23-17/h4-5,8,10,12H,6-7,9,11H2,1-3H3. The molecule has 0 saturated heterocycles. The molecule has 2 heterocycles. The van der Waals surface area contributed by atoms with Crippen molar-refractivity contribution in [2.75, 3.05) is 13.2 Å². The Balaban J connectivity index is 1.77. The van der Waals surface area contributed by atoms with Gasteiger partial charge < -0.3 is 18.8 Å². The van der Waals surface area contributed by atoms with Gasteiger partial charge in [0, 0.05) is 10.5 Å². The van der Waals surface area contributed by atoms with Gasteiger partial charge in [0.15, 0.2) is 11.5 Å². The highest BCUT2D eigenvalue weighted by molar-refractivity contribution is 9.10. The van der Waals surface area contributed by atoms with E-state index in [0.29, 0.717) is 31.3 Å². The number of carbonyl (C=O) groups excluding carboxylic acids is 1. The summed E-state index contributed by atoms with van der Waals surface area (Å²) in [5.41, 5.74) is 0.885. The number of amides is 1. The van der Waals surface area contributed by atoms with E-state index in [0.717, 1.165) is 21.6 Å². The molecule has 0 unspecified atom stereocenters. The molecule has 134 valence electrons. The molecule has 2 aromatic rings. The van der Waals surface area contributed by atoms with E-state index in [4.69, 9.17) is 13.9 Å². The van der Waals surface area contributed by atoms with Crippen LogP contribution in [0, 0.1) is 6.92 Å². The van der Waals surface area contributed by atoms with Gasteiger partial charge in [-0.25, -0.2) is 0 Å². The van der Waals surface area contributed by atoms with Gasteiger partial charge >= 0.3 is 0 Å². The summed E-state index contributed by atoms with van der Waals surface area (Å²) in [6.45, 7) is 7.45. The third-order valence-electron chi connectivity index (χ3n) is 4.12. The fourth-order valence-corrected chi connectivity index (χ4v) is 3.27. The summed E-state index contributed by atoms with van der Waals surface area (Å²) in [6, 6.07) is 7.65. The average Bonchev–Trinajstić information content (AvgIpc) is 2.98. The Morgan fingerprint density at radius 1 is 1.20 bits per heavy atom. The number of aryl methyl sites for hydroxylation is 1. The highest BCUT2D eigenvalue weighted by Gasteiger charge is 2.22. The maximum Gasteiger partial charge on any atom is 0.227 e. The topological polar surface area (TPSA) is 51.9 Å². The smallest absolute Gasteiger partial charge is 0.227 e. The largest absolute Gasteiger partial charge is 0.486 e. The van der Waals surface area contributed by atoms with Crippen molar-refractivity contribution in [1.29, 1.82) is 0 Å². The molecule has 1 aliphatic heterocycles. The molecular formula is C19H22BrNO4. The number of furan rings is 1. The van der Waals surface area contributed by atoms with E-state index >= 15 is 0 Å². The van der Waals surface area contributed by atoms with Crippen LogP contribution in [-0.2, 0) is 17.8 Å². The minimum atomic E-state index is 0.0430. The Morgan fingerprint density at radius 3 is 2.48 bits per heavy atom. The molecule has 0 spiro atoms. The fraction of sp³-hybridized carbons (Fsp3) is 0.421.